The van der Waals surface area contributed by atoms with Crippen molar-refractivity contribution in [3.05, 3.63) is 96.6 Å². The van der Waals surface area contributed by atoms with E-state index in [0.717, 1.165) is 5.56 Å². The normalized spacial score (nSPS) is 11.7. The lowest BCUT2D eigenvalue weighted by Crippen LogP contribution is -2.26. The number of hydrogen-bond acceptors (Lipinski definition) is 5. The summed E-state index contributed by atoms with van der Waals surface area (Å²) in [6, 6.07) is 25.7. The number of carbonyl (C=O) groups is 2. The van der Waals surface area contributed by atoms with Gasteiger partial charge in [-0.15, -0.1) is 0 Å². The Morgan fingerprint density at radius 2 is 1.49 bits per heavy atom. The van der Waals surface area contributed by atoms with Gasteiger partial charge in [0.2, 0.25) is 0 Å². The van der Waals surface area contributed by atoms with E-state index in [0.29, 0.717) is 23.5 Å². The van der Waals surface area contributed by atoms with Crippen LogP contribution in [0.25, 0.3) is 6.08 Å². The molecule has 0 saturated carbocycles. The van der Waals surface area contributed by atoms with Crippen molar-refractivity contribution in [2.75, 3.05) is 11.5 Å². The fraction of sp³-hybridized carbons (Fsp3) is 0.267. The van der Waals surface area contributed by atoms with Gasteiger partial charge in [-0.1, -0.05) is 61.5 Å². The molecular weight excluding hydrogens is 468 g/mol. The summed E-state index contributed by atoms with van der Waals surface area (Å²) in [7, 11) is 0. The number of carbonyl (C=O) groups excluding carboxylic acids is 1. The third-order valence-corrected chi connectivity index (χ3v) is 4.61. The minimum absolute atomic E-state index is 0. The molecule has 1 atom stereocenters. The van der Waals surface area contributed by atoms with E-state index in [1.165, 1.54) is 4.90 Å². The molecule has 0 aromatic heterocycles. The van der Waals surface area contributed by atoms with Crippen molar-refractivity contribution in [3.63, 3.8) is 0 Å². The lowest BCUT2D eigenvalue weighted by molar-refractivity contribution is -0.145. The molecule has 0 radical (unpaired) electrons. The number of nitrogens with zero attached hydrogens (tertiary/aromatic N) is 1. The molecule has 0 heterocycles. The number of carboxylic acids is 1. The van der Waals surface area contributed by atoms with Gasteiger partial charge in [-0.2, -0.15) is 0 Å². The number of benzene rings is 3. The lowest BCUT2D eigenvalue weighted by atomic mass is 10.1. The van der Waals surface area contributed by atoms with Crippen LogP contribution < -0.4 is 15.4 Å². The van der Waals surface area contributed by atoms with E-state index in [2.05, 4.69) is 0 Å². The minimum Gasteiger partial charge on any atom is -0.479 e. The van der Waals surface area contributed by atoms with E-state index in [1.54, 1.807) is 37.3 Å². The summed E-state index contributed by atoms with van der Waals surface area (Å²) in [5.74, 6) is -0.528. The van der Waals surface area contributed by atoms with Crippen molar-refractivity contribution in [2.24, 2.45) is 5.73 Å². The quantitative estimate of drug-likeness (QED) is 0.338. The van der Waals surface area contributed by atoms with Gasteiger partial charge in [0.25, 0.3) is 0 Å². The van der Waals surface area contributed by atoms with Gasteiger partial charge in [0.15, 0.2) is 6.10 Å². The van der Waals surface area contributed by atoms with Gasteiger partial charge in [0.05, 0.1) is 11.4 Å². The smallest absolute Gasteiger partial charge is 0.419 e. The van der Waals surface area contributed by atoms with Crippen molar-refractivity contribution < 1.29 is 24.2 Å². The van der Waals surface area contributed by atoms with E-state index in [-0.39, 0.29) is 12.1 Å². The molecular formula is C30H36N2O5. The zero-order chi connectivity index (χ0) is 27.3. The summed E-state index contributed by atoms with van der Waals surface area (Å²) in [6.45, 7) is 7.73. The second-order valence-corrected chi connectivity index (χ2v) is 9.28. The molecule has 7 nitrogen and oxygen atoms in total. The van der Waals surface area contributed by atoms with E-state index in [9.17, 15) is 9.59 Å². The Bertz CT molecular complexity index is 1100. The Morgan fingerprint density at radius 1 is 0.946 bits per heavy atom. The van der Waals surface area contributed by atoms with Crippen LogP contribution in [-0.4, -0.2) is 35.4 Å². The van der Waals surface area contributed by atoms with Crippen LogP contribution in [0, 0.1) is 0 Å². The molecule has 0 aliphatic carbocycles. The molecule has 3 N–H and O–H groups in total. The van der Waals surface area contributed by atoms with Gasteiger partial charge in [-0.05, 0) is 75.2 Å². The number of rotatable bonds is 9. The van der Waals surface area contributed by atoms with Crippen molar-refractivity contribution >= 4 is 29.5 Å². The molecule has 0 bridgehead atoms. The van der Waals surface area contributed by atoms with Crippen LogP contribution in [0.3, 0.4) is 0 Å². The largest absolute Gasteiger partial charge is 0.479 e. The van der Waals surface area contributed by atoms with Crippen LogP contribution in [0.4, 0.5) is 16.2 Å². The van der Waals surface area contributed by atoms with E-state index < -0.39 is 18.2 Å². The van der Waals surface area contributed by atoms with Gasteiger partial charge < -0.3 is 20.3 Å². The first-order chi connectivity index (χ1) is 17.6. The zero-order valence-corrected chi connectivity index (χ0v) is 21.8. The highest BCUT2D eigenvalue weighted by Gasteiger charge is 2.19. The summed E-state index contributed by atoms with van der Waals surface area (Å²) < 4.78 is 11.0. The van der Waals surface area contributed by atoms with Gasteiger partial charge in [0, 0.05) is 5.54 Å². The molecule has 0 saturated heterocycles. The average molecular weight is 505 g/mol. The predicted octanol–water partition coefficient (Wildman–Crippen LogP) is 6.66. The summed E-state index contributed by atoms with van der Waals surface area (Å²) in [4.78, 5) is 25.5. The van der Waals surface area contributed by atoms with E-state index in [1.807, 2.05) is 87.5 Å². The molecule has 3 aromatic carbocycles. The number of amides is 1. The molecule has 0 aliphatic heterocycles. The number of carboxylic acid groups (broad SMARTS) is 1. The summed E-state index contributed by atoms with van der Waals surface area (Å²) in [5.41, 5.74) is 7.58. The summed E-state index contributed by atoms with van der Waals surface area (Å²) in [6.07, 6.45) is 2.50. The second kappa shape index (κ2) is 14.5. The standard InChI is InChI=1S/C26H25NO5.C4H11N/c1-2-24(25(28)29)32-23-17-9-11-20(19-23)12-10-18-31-26(30)27(21-13-5-3-6-14-21)22-15-7-4-8-16-22;1-4(2,3)5/h3-17,19,24H,2,18H2,1H3,(H,28,29);5H2,1-3H3. The maximum atomic E-state index is 12.8. The Morgan fingerprint density at radius 3 is 1.97 bits per heavy atom. The highest BCUT2D eigenvalue weighted by molar-refractivity contribution is 5.95. The third kappa shape index (κ3) is 11.0. The first-order valence-corrected chi connectivity index (χ1v) is 12.1. The maximum Gasteiger partial charge on any atom is 0.419 e. The van der Waals surface area contributed by atoms with Crippen molar-refractivity contribution in [2.45, 2.75) is 45.8 Å². The topological polar surface area (TPSA) is 102 Å². The van der Waals surface area contributed by atoms with Crippen LogP contribution in [0.5, 0.6) is 5.75 Å². The first-order valence-electron chi connectivity index (χ1n) is 12.1. The first kappa shape index (κ1) is 29.1. The average Bonchev–Trinajstić information content (AvgIpc) is 2.86. The Hall–Kier alpha value is -4.10. The number of para-hydroxylation sites is 2. The zero-order valence-electron chi connectivity index (χ0n) is 21.8. The monoisotopic (exact) mass is 504 g/mol. The van der Waals surface area contributed by atoms with Crippen LogP contribution in [0.1, 0.15) is 39.7 Å². The Labute approximate surface area is 219 Å². The maximum absolute atomic E-state index is 12.8. The van der Waals surface area contributed by atoms with Gasteiger partial charge in [-0.25, -0.2) is 14.5 Å². The number of hydrogen-bond donors (Lipinski definition) is 2. The fourth-order valence-electron chi connectivity index (χ4n) is 3.05. The molecule has 1 unspecified atom stereocenters. The molecule has 0 aliphatic rings. The van der Waals surface area contributed by atoms with Crippen LogP contribution in [-0.2, 0) is 9.53 Å². The SMILES string of the molecule is CC(C)(C)N.CCC(Oc1cccc(C=CCOC(=O)N(c2ccccc2)c2ccccc2)c1)C(=O)O. The molecule has 37 heavy (non-hydrogen) atoms. The highest BCUT2D eigenvalue weighted by Crippen LogP contribution is 2.25. The van der Waals surface area contributed by atoms with Crippen LogP contribution >= 0.6 is 0 Å². The van der Waals surface area contributed by atoms with Gasteiger partial charge in [0.1, 0.15) is 12.4 Å². The Balaban J connectivity index is 0.000000877. The van der Waals surface area contributed by atoms with Gasteiger partial charge >= 0.3 is 12.1 Å². The van der Waals surface area contributed by atoms with Crippen LogP contribution in [0.2, 0.25) is 0 Å². The molecule has 0 fully saturated rings. The molecule has 7 heteroatoms. The lowest BCUT2D eigenvalue weighted by Gasteiger charge is -2.22. The number of aliphatic carboxylic acids is 1. The van der Waals surface area contributed by atoms with Crippen LogP contribution in [0.15, 0.2) is 91.0 Å². The fourth-order valence-corrected chi connectivity index (χ4v) is 3.05. The summed E-state index contributed by atoms with van der Waals surface area (Å²) >= 11 is 0. The van der Waals surface area contributed by atoms with Crippen molar-refractivity contribution in [3.8, 4) is 5.75 Å². The summed E-state index contributed by atoms with van der Waals surface area (Å²) in [5, 5.41) is 9.15. The van der Waals surface area contributed by atoms with Crippen molar-refractivity contribution in [1.29, 1.82) is 0 Å². The molecule has 1 amide bonds. The molecule has 3 aromatic rings. The minimum atomic E-state index is -0.998. The van der Waals surface area contributed by atoms with Crippen molar-refractivity contribution in [1.82, 2.24) is 0 Å². The third-order valence-electron chi connectivity index (χ3n) is 4.61. The highest BCUT2D eigenvalue weighted by atomic mass is 16.6. The molecule has 3 rings (SSSR count). The number of anilines is 2. The van der Waals surface area contributed by atoms with Gasteiger partial charge in [-0.3, -0.25) is 0 Å². The number of ether oxygens (including phenoxy) is 2. The second-order valence-electron chi connectivity index (χ2n) is 9.28. The van der Waals surface area contributed by atoms with E-state index >= 15 is 0 Å². The Kier molecular flexibility index (Phi) is 11.4. The predicted molar refractivity (Wildman–Crippen MR) is 148 cm³/mol. The molecule has 196 valence electrons. The van der Waals surface area contributed by atoms with E-state index in [4.69, 9.17) is 20.3 Å². The molecule has 0 spiro atoms. The number of nitrogens with two attached hydrogens (primary N) is 1.